The van der Waals surface area contributed by atoms with Crippen LogP contribution >= 0.6 is 11.8 Å². The van der Waals surface area contributed by atoms with E-state index in [1.807, 2.05) is 0 Å². The molecule has 0 aliphatic carbocycles. The number of rotatable bonds is 9. The maximum Gasteiger partial charge on any atom is 0.419 e. The number of amides is 3. The van der Waals surface area contributed by atoms with Gasteiger partial charge < -0.3 is 25.7 Å². The molecule has 1 heterocycles. The number of carbonyl (C=O) groups is 3. The fourth-order valence-electron chi connectivity index (χ4n) is 5.19. The molecule has 4 N–H and O–H groups in total. The third kappa shape index (κ3) is 7.59. The van der Waals surface area contributed by atoms with E-state index >= 15 is 0 Å². The Morgan fingerprint density at radius 1 is 1.04 bits per heavy atom. The summed E-state index contributed by atoms with van der Waals surface area (Å²) in [5, 5.41) is 26.6. The summed E-state index contributed by atoms with van der Waals surface area (Å²) < 4.78 is 53.2. The summed E-state index contributed by atoms with van der Waals surface area (Å²) in [6, 6.07) is 13.7. The molecule has 0 saturated carbocycles. The second kappa shape index (κ2) is 13.5. The van der Waals surface area contributed by atoms with E-state index in [0.29, 0.717) is 17.2 Å². The summed E-state index contributed by atoms with van der Waals surface area (Å²) in [6.07, 6.45) is -6.68. The Morgan fingerprint density at radius 3 is 2.38 bits per heavy atom. The molecule has 3 atom stereocenters. The van der Waals surface area contributed by atoms with Crippen LogP contribution in [0.3, 0.4) is 0 Å². The number of hydrogen-bond donors (Lipinski definition) is 4. The fourth-order valence-corrected chi connectivity index (χ4v) is 6.33. The van der Waals surface area contributed by atoms with Gasteiger partial charge in [0.25, 0.3) is 11.8 Å². The van der Waals surface area contributed by atoms with Crippen molar-refractivity contribution in [2.24, 2.45) is 0 Å². The number of benzene rings is 3. The Kier molecular flexibility index (Phi) is 10.1. The van der Waals surface area contributed by atoms with Crippen LogP contribution in [0.15, 0.2) is 66.7 Å². The Morgan fingerprint density at radius 2 is 1.71 bits per heavy atom. The van der Waals surface area contributed by atoms with Crippen molar-refractivity contribution in [3.8, 4) is 5.75 Å². The van der Waals surface area contributed by atoms with Crippen LogP contribution in [0.4, 0.5) is 17.6 Å². The van der Waals surface area contributed by atoms with Gasteiger partial charge >= 0.3 is 6.18 Å². The van der Waals surface area contributed by atoms with E-state index in [1.54, 1.807) is 51.1 Å². The molecule has 0 bridgehead atoms. The fraction of sp³-hybridized carbons (Fsp3) is 0.344. The largest absolute Gasteiger partial charge is 0.508 e. The number of aliphatic hydroxyl groups excluding tert-OH is 1. The van der Waals surface area contributed by atoms with Crippen LogP contribution in [0.25, 0.3) is 0 Å². The van der Waals surface area contributed by atoms with Gasteiger partial charge in [-0.1, -0.05) is 48.5 Å². The number of hydrogen-bond acceptors (Lipinski definition) is 6. The summed E-state index contributed by atoms with van der Waals surface area (Å²) >= 11 is 1.25. The van der Waals surface area contributed by atoms with Gasteiger partial charge in [-0.15, -0.1) is 11.8 Å². The predicted octanol–water partition coefficient (Wildman–Crippen LogP) is 4.56. The van der Waals surface area contributed by atoms with Crippen LogP contribution in [0, 0.1) is 12.7 Å². The quantitative estimate of drug-likeness (QED) is 0.253. The molecule has 45 heavy (non-hydrogen) atoms. The molecule has 0 radical (unpaired) electrons. The van der Waals surface area contributed by atoms with Crippen LogP contribution in [0.5, 0.6) is 5.75 Å². The summed E-state index contributed by atoms with van der Waals surface area (Å²) in [4.78, 5) is 41.6. The molecule has 13 heteroatoms. The zero-order valence-corrected chi connectivity index (χ0v) is 25.5. The first-order chi connectivity index (χ1) is 21.1. The third-order valence-electron chi connectivity index (χ3n) is 7.71. The Bertz CT molecular complexity index is 1570. The molecule has 0 aromatic heterocycles. The first kappa shape index (κ1) is 33.8. The minimum Gasteiger partial charge on any atom is -0.508 e. The van der Waals surface area contributed by atoms with Crippen molar-refractivity contribution in [2.45, 2.75) is 62.8 Å². The van der Waals surface area contributed by atoms with Crippen molar-refractivity contribution in [3.63, 3.8) is 0 Å². The molecule has 1 aliphatic heterocycles. The third-order valence-corrected chi connectivity index (χ3v) is 9.09. The molecule has 8 nitrogen and oxygen atoms in total. The zero-order valence-electron chi connectivity index (χ0n) is 24.7. The molecule has 4 rings (SSSR count). The highest BCUT2D eigenvalue weighted by atomic mass is 32.2. The van der Waals surface area contributed by atoms with Gasteiger partial charge in [0, 0.05) is 28.0 Å². The van der Waals surface area contributed by atoms with Gasteiger partial charge in [-0.2, -0.15) is 13.2 Å². The van der Waals surface area contributed by atoms with Gasteiger partial charge in [-0.05, 0) is 51.0 Å². The van der Waals surface area contributed by atoms with Crippen molar-refractivity contribution in [1.29, 1.82) is 0 Å². The lowest BCUT2D eigenvalue weighted by atomic mass is 9.96. The highest BCUT2D eigenvalue weighted by Crippen LogP contribution is 2.40. The van der Waals surface area contributed by atoms with E-state index in [2.05, 4.69) is 10.6 Å². The van der Waals surface area contributed by atoms with Gasteiger partial charge in [0.05, 0.1) is 17.5 Å². The smallest absolute Gasteiger partial charge is 0.419 e. The number of aliphatic hydroxyl groups is 1. The molecular weight excluding hydrogens is 614 g/mol. The second-order valence-corrected chi connectivity index (χ2v) is 12.8. The number of aromatic hydroxyl groups is 1. The highest BCUT2D eigenvalue weighted by molar-refractivity contribution is 8.00. The lowest BCUT2D eigenvalue weighted by molar-refractivity contribution is -0.147. The number of alkyl halides is 3. The Hall–Kier alpha value is -4.10. The van der Waals surface area contributed by atoms with Crippen molar-refractivity contribution < 1.29 is 42.2 Å². The zero-order chi connectivity index (χ0) is 33.1. The van der Waals surface area contributed by atoms with E-state index in [9.17, 15) is 42.2 Å². The Labute approximate surface area is 261 Å². The topological polar surface area (TPSA) is 119 Å². The van der Waals surface area contributed by atoms with Crippen LogP contribution in [0.2, 0.25) is 0 Å². The first-order valence-electron chi connectivity index (χ1n) is 14.0. The second-order valence-electron chi connectivity index (χ2n) is 11.2. The van der Waals surface area contributed by atoms with E-state index in [0.717, 1.165) is 17.0 Å². The lowest BCUT2D eigenvalue weighted by Crippen LogP contribution is -2.58. The normalized spacial score (nSPS) is 17.4. The van der Waals surface area contributed by atoms with Crippen LogP contribution in [0.1, 0.15) is 46.5 Å². The Balaban J connectivity index is 1.56. The van der Waals surface area contributed by atoms with Gasteiger partial charge in [-0.25, -0.2) is 4.39 Å². The van der Waals surface area contributed by atoms with E-state index in [1.165, 1.54) is 30.0 Å². The maximum absolute atomic E-state index is 14.6. The van der Waals surface area contributed by atoms with Crippen LogP contribution < -0.4 is 10.6 Å². The summed E-state index contributed by atoms with van der Waals surface area (Å²) in [5.41, 5.74) is -0.688. The molecular formula is C32H33F4N3O5S. The van der Waals surface area contributed by atoms with E-state index in [-0.39, 0.29) is 29.2 Å². The predicted molar refractivity (Wildman–Crippen MR) is 161 cm³/mol. The maximum atomic E-state index is 14.6. The molecule has 3 aromatic rings. The van der Waals surface area contributed by atoms with Gasteiger partial charge in [0.2, 0.25) is 5.91 Å². The number of phenols is 1. The van der Waals surface area contributed by atoms with Crippen LogP contribution in [-0.2, 0) is 28.7 Å². The van der Waals surface area contributed by atoms with E-state index in [4.69, 9.17) is 0 Å². The standard InChI is InChI=1S/C32H33F4N3O5S/c1-18-21(12-8-14-24(18)40)28(42)38-23(15-19-9-5-4-6-10-19)26(41)30(44)39-17-45-31(2,3)27(39)29(43)37-16-20-11-7-13-22(25(20)33)32(34,35)36/h4-14,23,26-27,40-41H,15-17H2,1-3H3,(H,37,43)(H,38,42). The molecule has 3 amide bonds. The van der Waals surface area contributed by atoms with Crippen molar-refractivity contribution in [1.82, 2.24) is 15.5 Å². The minimum atomic E-state index is -4.92. The number of nitrogens with zero attached hydrogens (tertiary/aromatic N) is 1. The molecule has 240 valence electrons. The number of halogens is 4. The average Bonchev–Trinajstić information content (AvgIpc) is 3.31. The van der Waals surface area contributed by atoms with Crippen molar-refractivity contribution in [2.75, 3.05) is 5.88 Å². The lowest BCUT2D eigenvalue weighted by Gasteiger charge is -2.33. The summed E-state index contributed by atoms with van der Waals surface area (Å²) in [6.45, 7) is 4.38. The number of thioether (sulfide) groups is 1. The van der Waals surface area contributed by atoms with Crippen molar-refractivity contribution >= 4 is 29.5 Å². The number of phenolic OH excluding ortho intramolecular Hbond substituents is 1. The van der Waals surface area contributed by atoms with Crippen molar-refractivity contribution in [3.05, 3.63) is 100 Å². The average molecular weight is 648 g/mol. The number of carbonyl (C=O) groups excluding carboxylic acids is 3. The molecule has 1 aliphatic rings. The molecule has 3 unspecified atom stereocenters. The summed E-state index contributed by atoms with van der Waals surface area (Å²) in [5.74, 6) is -3.85. The van der Waals surface area contributed by atoms with Gasteiger partial charge in [0.15, 0.2) is 6.10 Å². The molecule has 1 saturated heterocycles. The minimum absolute atomic E-state index is 0.00340. The number of nitrogens with one attached hydrogen (secondary N) is 2. The monoisotopic (exact) mass is 647 g/mol. The highest BCUT2D eigenvalue weighted by Gasteiger charge is 2.50. The van der Waals surface area contributed by atoms with Gasteiger partial charge in [-0.3, -0.25) is 14.4 Å². The SMILES string of the molecule is Cc1c(O)cccc1C(=O)NC(Cc1ccccc1)C(O)C(=O)N1CSC(C)(C)C1C(=O)NCc1cccc(C(F)(F)F)c1F. The molecule has 3 aromatic carbocycles. The van der Waals surface area contributed by atoms with E-state index < -0.39 is 64.8 Å². The summed E-state index contributed by atoms with van der Waals surface area (Å²) in [7, 11) is 0. The van der Waals surface area contributed by atoms with Gasteiger partial charge in [0.1, 0.15) is 17.6 Å². The van der Waals surface area contributed by atoms with Crippen LogP contribution in [-0.4, -0.2) is 61.6 Å². The molecule has 1 fully saturated rings. The molecule has 0 spiro atoms. The first-order valence-corrected chi connectivity index (χ1v) is 15.0.